The van der Waals surface area contributed by atoms with Crippen molar-refractivity contribution in [1.29, 1.82) is 0 Å². The van der Waals surface area contributed by atoms with Crippen molar-refractivity contribution >= 4 is 51.3 Å². The third kappa shape index (κ3) is 6.07. The van der Waals surface area contributed by atoms with Crippen LogP contribution in [0.15, 0.2) is 82.8 Å². The number of aliphatic hydroxyl groups excluding tert-OH is 1. The van der Waals surface area contributed by atoms with E-state index in [1.807, 2.05) is 12.1 Å². The number of ketones is 1. The normalized spacial score (nSPS) is 16.3. The van der Waals surface area contributed by atoms with E-state index in [1.165, 1.54) is 22.7 Å². The Morgan fingerprint density at radius 2 is 1.89 bits per heavy atom. The van der Waals surface area contributed by atoms with Crippen LogP contribution in [0.25, 0.3) is 11.4 Å². The number of nitrogens with zero attached hydrogens (tertiary/aromatic N) is 5. The molecule has 12 heteroatoms. The molecule has 230 valence electrons. The number of aryl methyl sites for hydroxylation is 1. The second-order valence-electron chi connectivity index (χ2n) is 11.0. The number of carbonyl (C=O) groups is 2. The molecule has 2 aromatic carbocycles. The van der Waals surface area contributed by atoms with E-state index >= 15 is 0 Å². The summed E-state index contributed by atoms with van der Waals surface area (Å²) in [5, 5.41) is 20.5. The van der Waals surface area contributed by atoms with Gasteiger partial charge in [0, 0.05) is 11.9 Å². The van der Waals surface area contributed by atoms with E-state index in [9.17, 15) is 19.1 Å². The lowest BCUT2D eigenvalue weighted by atomic mass is 9.96. The Labute approximate surface area is 267 Å². The highest BCUT2D eigenvalue weighted by molar-refractivity contribution is 8.00. The lowest BCUT2D eigenvalue weighted by Gasteiger charge is -2.23. The topological polar surface area (TPSA) is 110 Å². The molecule has 0 radical (unpaired) electrons. The van der Waals surface area contributed by atoms with Crippen molar-refractivity contribution in [3.8, 4) is 5.75 Å². The zero-order valence-electron chi connectivity index (χ0n) is 24.8. The summed E-state index contributed by atoms with van der Waals surface area (Å²) in [6.45, 7) is 6.46. The highest BCUT2D eigenvalue weighted by atomic mass is 32.2. The monoisotopic (exact) mass is 643 g/mol. The molecule has 0 bridgehead atoms. The van der Waals surface area contributed by atoms with Gasteiger partial charge in [-0.05, 0) is 60.7 Å². The first kappa shape index (κ1) is 30.5. The lowest BCUT2D eigenvalue weighted by Crippen LogP contribution is -2.29. The van der Waals surface area contributed by atoms with Crippen LogP contribution in [-0.4, -0.2) is 43.0 Å². The van der Waals surface area contributed by atoms with Crippen molar-refractivity contribution in [1.82, 2.24) is 19.6 Å². The Hall–Kier alpha value is -4.55. The number of aromatic nitrogens is 4. The third-order valence-corrected chi connectivity index (χ3v) is 9.53. The number of thioether (sulfide) groups is 1. The van der Waals surface area contributed by atoms with Crippen LogP contribution < -0.4 is 9.64 Å². The van der Waals surface area contributed by atoms with E-state index in [0.717, 1.165) is 17.8 Å². The quantitative estimate of drug-likeness (QED) is 0.0571. The number of aliphatic hydroxyl groups is 1. The van der Waals surface area contributed by atoms with Crippen molar-refractivity contribution in [2.45, 2.75) is 43.3 Å². The molecule has 0 saturated carbocycles. The van der Waals surface area contributed by atoms with Crippen LogP contribution in [0.4, 0.5) is 9.52 Å². The molecule has 1 aliphatic heterocycles. The maximum absolute atomic E-state index is 14.2. The van der Waals surface area contributed by atoms with Gasteiger partial charge >= 0.3 is 5.91 Å². The molecular formula is C33H30FN5O4S2. The van der Waals surface area contributed by atoms with Gasteiger partial charge in [-0.1, -0.05) is 73.3 Å². The van der Waals surface area contributed by atoms with E-state index in [1.54, 1.807) is 66.1 Å². The van der Waals surface area contributed by atoms with Crippen LogP contribution in [0.2, 0.25) is 0 Å². The molecule has 5 aromatic rings. The van der Waals surface area contributed by atoms with Gasteiger partial charge < -0.3 is 9.84 Å². The molecule has 1 amide bonds. The fourth-order valence-corrected chi connectivity index (χ4v) is 7.03. The first-order valence-electron chi connectivity index (χ1n) is 14.4. The van der Waals surface area contributed by atoms with Crippen LogP contribution in [0, 0.1) is 18.7 Å². The zero-order valence-corrected chi connectivity index (χ0v) is 26.4. The summed E-state index contributed by atoms with van der Waals surface area (Å²) in [6.07, 6.45) is 2.59. The standard InChI is InChI=1S/C33H30FN5O4S2/c1-19(2)14-16-43-23-11-8-10-21(17-23)28-26(29(40)27-20(3)35-25-13-6-7-15-38(25)27)30(41)31(42)39(28)32-36-37-33(45-32)44-18-22-9-4-5-12-24(22)34/h4-13,15,17,19,28,40H,14,16,18H2,1-3H3/b29-26+. The highest BCUT2D eigenvalue weighted by Crippen LogP contribution is 2.45. The second kappa shape index (κ2) is 12.8. The number of Topliss-reactive ketones (excluding diaryl/α,β-unsaturated/α-hetero) is 1. The van der Waals surface area contributed by atoms with Crippen LogP contribution in [0.3, 0.4) is 0 Å². The number of imidazole rings is 1. The number of hydrogen-bond acceptors (Lipinski definition) is 9. The minimum absolute atomic E-state index is 0.0937. The van der Waals surface area contributed by atoms with Gasteiger partial charge in [0.2, 0.25) is 5.13 Å². The van der Waals surface area contributed by atoms with E-state index < -0.39 is 17.7 Å². The number of amides is 1. The smallest absolute Gasteiger partial charge is 0.301 e. The van der Waals surface area contributed by atoms with Gasteiger partial charge in [-0.15, -0.1) is 10.2 Å². The molecule has 1 fully saturated rings. The van der Waals surface area contributed by atoms with Crippen LogP contribution in [-0.2, 0) is 15.3 Å². The van der Waals surface area contributed by atoms with E-state index in [2.05, 4.69) is 29.0 Å². The van der Waals surface area contributed by atoms with E-state index in [0.29, 0.717) is 56.5 Å². The SMILES string of the molecule is Cc1nc2ccccn2c1/C(O)=C1\C(=O)C(=O)N(c2nnc(SCc3ccccc3F)s2)C1c1cccc(OCCC(C)C)c1. The molecule has 6 rings (SSSR count). The van der Waals surface area contributed by atoms with Gasteiger partial charge in [-0.2, -0.15) is 0 Å². The minimum atomic E-state index is -1.02. The average Bonchev–Trinajstić information content (AvgIpc) is 3.70. The highest BCUT2D eigenvalue weighted by Gasteiger charge is 2.49. The number of benzene rings is 2. The molecular weight excluding hydrogens is 614 g/mol. The Balaban J connectivity index is 1.43. The molecule has 1 saturated heterocycles. The van der Waals surface area contributed by atoms with Gasteiger partial charge in [0.25, 0.3) is 5.78 Å². The van der Waals surface area contributed by atoms with Gasteiger partial charge in [0.05, 0.1) is 23.9 Å². The van der Waals surface area contributed by atoms with Crippen molar-refractivity contribution in [2.75, 3.05) is 11.5 Å². The van der Waals surface area contributed by atoms with Crippen LogP contribution in [0.1, 0.15) is 48.8 Å². The molecule has 1 aliphatic rings. The Kier molecular flexibility index (Phi) is 8.68. The Morgan fingerprint density at radius 3 is 2.69 bits per heavy atom. The maximum atomic E-state index is 14.2. The largest absolute Gasteiger partial charge is 0.505 e. The Morgan fingerprint density at radius 1 is 1.09 bits per heavy atom. The predicted octanol–water partition coefficient (Wildman–Crippen LogP) is 6.98. The molecule has 1 atom stereocenters. The summed E-state index contributed by atoms with van der Waals surface area (Å²) in [4.78, 5) is 33.3. The van der Waals surface area contributed by atoms with Crippen molar-refractivity contribution in [3.63, 3.8) is 0 Å². The van der Waals surface area contributed by atoms with Crippen molar-refractivity contribution in [3.05, 3.63) is 107 Å². The van der Waals surface area contributed by atoms with E-state index in [-0.39, 0.29) is 22.3 Å². The molecule has 0 aliphatic carbocycles. The molecule has 4 heterocycles. The predicted molar refractivity (Wildman–Crippen MR) is 172 cm³/mol. The van der Waals surface area contributed by atoms with Gasteiger partial charge in [0.1, 0.15) is 22.9 Å². The average molecular weight is 644 g/mol. The summed E-state index contributed by atoms with van der Waals surface area (Å²) < 4.78 is 22.4. The van der Waals surface area contributed by atoms with Crippen LogP contribution in [0.5, 0.6) is 5.75 Å². The van der Waals surface area contributed by atoms with Gasteiger partial charge in [-0.25, -0.2) is 9.37 Å². The minimum Gasteiger partial charge on any atom is -0.505 e. The fraction of sp³-hybridized carbons (Fsp3) is 0.242. The molecule has 1 N–H and O–H groups in total. The van der Waals surface area contributed by atoms with Crippen molar-refractivity contribution in [2.24, 2.45) is 5.92 Å². The summed E-state index contributed by atoms with van der Waals surface area (Å²) in [5.41, 5.74) is 2.37. The van der Waals surface area contributed by atoms with E-state index in [4.69, 9.17) is 4.74 Å². The number of pyridine rings is 1. The molecule has 9 nitrogen and oxygen atoms in total. The van der Waals surface area contributed by atoms with Crippen LogP contribution >= 0.6 is 23.1 Å². The third-order valence-electron chi connectivity index (χ3n) is 7.42. The Bertz CT molecular complexity index is 1940. The second-order valence-corrected chi connectivity index (χ2v) is 13.2. The summed E-state index contributed by atoms with van der Waals surface area (Å²) in [5.74, 6) is -1.03. The molecule has 1 unspecified atom stereocenters. The molecule has 3 aromatic heterocycles. The first-order valence-corrected chi connectivity index (χ1v) is 16.2. The fourth-order valence-electron chi connectivity index (χ4n) is 5.17. The number of carbonyl (C=O) groups excluding carboxylic acids is 2. The summed E-state index contributed by atoms with van der Waals surface area (Å²) >= 11 is 2.39. The molecule has 0 spiro atoms. The number of anilines is 1. The molecule has 45 heavy (non-hydrogen) atoms. The summed E-state index contributed by atoms with van der Waals surface area (Å²) in [6, 6.07) is 18.0. The first-order chi connectivity index (χ1) is 21.7. The maximum Gasteiger partial charge on any atom is 0.301 e. The number of hydrogen-bond donors (Lipinski definition) is 1. The number of halogens is 1. The van der Waals surface area contributed by atoms with Crippen molar-refractivity contribution < 1.29 is 23.8 Å². The number of rotatable bonds is 10. The number of fused-ring (bicyclic) bond motifs is 1. The zero-order chi connectivity index (χ0) is 31.7. The van der Waals surface area contributed by atoms with Gasteiger partial charge in [0.15, 0.2) is 10.1 Å². The van der Waals surface area contributed by atoms with Gasteiger partial charge in [-0.3, -0.25) is 18.9 Å². The summed E-state index contributed by atoms with van der Waals surface area (Å²) in [7, 11) is 0. The lowest BCUT2D eigenvalue weighted by molar-refractivity contribution is -0.132. The number of ether oxygens (including phenoxy) is 1.